The molecule has 2 aromatic carbocycles. The topological polar surface area (TPSA) is 101 Å². The van der Waals surface area contributed by atoms with E-state index >= 15 is 0 Å². The summed E-state index contributed by atoms with van der Waals surface area (Å²) >= 11 is 3.45. The number of benzene rings is 2. The Balaban J connectivity index is 2.15. The fourth-order valence-electron chi connectivity index (χ4n) is 3.24. The van der Waals surface area contributed by atoms with Crippen LogP contribution >= 0.6 is 15.9 Å². The summed E-state index contributed by atoms with van der Waals surface area (Å²) in [5.41, 5.74) is 1.42. The molecule has 0 fully saturated rings. The Morgan fingerprint density at radius 2 is 1.64 bits per heavy atom. The van der Waals surface area contributed by atoms with Crippen molar-refractivity contribution in [2.45, 2.75) is 6.61 Å². The summed E-state index contributed by atoms with van der Waals surface area (Å²) < 4.78 is 26.6. The van der Waals surface area contributed by atoms with Crippen molar-refractivity contribution in [2.24, 2.45) is 0 Å². The third-order valence-corrected chi connectivity index (χ3v) is 5.39. The van der Waals surface area contributed by atoms with Gasteiger partial charge >= 0.3 is 17.9 Å². The lowest BCUT2D eigenvalue weighted by Gasteiger charge is -2.33. The number of hydrogen-bond donors (Lipinski definition) is 0. The zero-order valence-electron chi connectivity index (χ0n) is 18.3. The highest BCUT2D eigenvalue weighted by Gasteiger charge is 2.35. The Morgan fingerprint density at radius 1 is 0.970 bits per heavy atom. The number of esters is 3. The number of halogens is 1. The second-order valence-electron chi connectivity index (χ2n) is 6.79. The largest absolute Gasteiger partial charge is 0.487 e. The molecule has 0 unspecified atom stereocenters. The lowest BCUT2D eigenvalue weighted by molar-refractivity contribution is -0.140. The Kier molecular flexibility index (Phi) is 8.07. The second kappa shape index (κ2) is 11.0. The van der Waals surface area contributed by atoms with Crippen LogP contribution in [-0.2, 0) is 35.1 Å². The summed E-state index contributed by atoms with van der Waals surface area (Å²) in [6, 6.07) is 12.4. The maximum atomic E-state index is 12.7. The van der Waals surface area contributed by atoms with E-state index in [1.807, 2.05) is 30.3 Å². The molecule has 3 rings (SSSR count). The summed E-state index contributed by atoms with van der Waals surface area (Å²) in [6.45, 7) is -0.0325. The molecule has 1 heterocycles. The molecule has 1 aliphatic heterocycles. The van der Waals surface area contributed by atoms with Crippen molar-refractivity contribution in [1.82, 2.24) is 0 Å². The lowest BCUT2D eigenvalue weighted by Crippen LogP contribution is -2.39. The quantitative estimate of drug-likeness (QED) is 0.403. The minimum absolute atomic E-state index is 0.00597. The first-order valence-electron chi connectivity index (χ1n) is 9.74. The highest BCUT2D eigenvalue weighted by atomic mass is 79.9. The number of methoxy groups -OCH3 is 3. The predicted octanol–water partition coefficient (Wildman–Crippen LogP) is 3.21. The van der Waals surface area contributed by atoms with Crippen LogP contribution in [0, 0.1) is 0 Å². The van der Waals surface area contributed by atoms with Crippen LogP contribution in [-0.4, -0.2) is 52.6 Å². The van der Waals surface area contributed by atoms with Crippen molar-refractivity contribution < 1.29 is 38.1 Å². The van der Waals surface area contributed by atoms with E-state index in [-0.39, 0.29) is 42.5 Å². The van der Waals surface area contributed by atoms with E-state index in [0.717, 1.165) is 5.56 Å². The monoisotopic (exact) mass is 519 g/mol. The summed E-state index contributed by atoms with van der Waals surface area (Å²) in [5, 5.41) is 0. The van der Waals surface area contributed by atoms with Crippen molar-refractivity contribution in [1.29, 1.82) is 0 Å². The molecule has 0 saturated carbocycles. The molecule has 10 heteroatoms. The molecule has 0 bridgehead atoms. The maximum absolute atomic E-state index is 12.7. The minimum atomic E-state index is -0.753. The van der Waals surface area contributed by atoms with Crippen LogP contribution in [0.1, 0.15) is 15.9 Å². The molecule has 0 N–H and O–H groups in total. The molecular formula is C23H22BrNO8. The summed E-state index contributed by atoms with van der Waals surface area (Å²) in [5.74, 6) is -1.80. The van der Waals surface area contributed by atoms with E-state index in [1.54, 1.807) is 0 Å². The van der Waals surface area contributed by atoms with Gasteiger partial charge in [0, 0.05) is 4.47 Å². The third-order valence-electron chi connectivity index (χ3n) is 4.79. The molecule has 0 aliphatic carbocycles. The van der Waals surface area contributed by atoms with Gasteiger partial charge in [-0.25, -0.2) is 14.4 Å². The van der Waals surface area contributed by atoms with Gasteiger partial charge in [0.25, 0.3) is 0 Å². The number of nitrogens with zero attached hydrogens (tertiary/aromatic N) is 1. The second-order valence-corrected chi connectivity index (χ2v) is 7.64. The fraction of sp³-hybridized carbons (Fsp3) is 0.261. The number of anilines is 1. The first-order chi connectivity index (χ1) is 15.9. The van der Waals surface area contributed by atoms with Gasteiger partial charge in [-0.3, -0.25) is 0 Å². The van der Waals surface area contributed by atoms with Crippen molar-refractivity contribution in [3.63, 3.8) is 0 Å². The average molecular weight is 520 g/mol. The molecule has 0 saturated heterocycles. The number of carbonyl (C=O) groups excluding carboxylic acids is 3. The number of rotatable bonds is 7. The molecule has 9 nitrogen and oxygen atoms in total. The smallest absolute Gasteiger partial charge is 0.355 e. The van der Waals surface area contributed by atoms with Crippen LogP contribution < -0.4 is 9.64 Å². The molecule has 0 spiro atoms. The number of ether oxygens (including phenoxy) is 5. The van der Waals surface area contributed by atoms with Gasteiger partial charge in [0.1, 0.15) is 30.5 Å². The Bertz CT molecular complexity index is 1080. The van der Waals surface area contributed by atoms with E-state index in [4.69, 9.17) is 23.7 Å². The van der Waals surface area contributed by atoms with Gasteiger partial charge in [0.05, 0.1) is 39.1 Å². The molecule has 0 radical (unpaired) electrons. The Hall–Kier alpha value is -3.37. The fourth-order valence-corrected chi connectivity index (χ4v) is 3.89. The van der Waals surface area contributed by atoms with E-state index in [0.29, 0.717) is 10.2 Å². The summed E-state index contributed by atoms with van der Waals surface area (Å²) in [6.07, 6.45) is 0. The van der Waals surface area contributed by atoms with Gasteiger partial charge in [-0.15, -0.1) is 0 Å². The van der Waals surface area contributed by atoms with Crippen molar-refractivity contribution in [3.05, 3.63) is 69.3 Å². The van der Waals surface area contributed by atoms with Gasteiger partial charge in [-0.1, -0.05) is 30.3 Å². The van der Waals surface area contributed by atoms with Gasteiger partial charge in [0.15, 0.2) is 0 Å². The summed E-state index contributed by atoms with van der Waals surface area (Å²) in [4.78, 5) is 38.7. The number of carbonyl (C=O) groups is 3. The van der Waals surface area contributed by atoms with E-state index in [2.05, 4.69) is 15.9 Å². The Labute approximate surface area is 198 Å². The van der Waals surface area contributed by atoms with Gasteiger partial charge in [0.2, 0.25) is 0 Å². The highest BCUT2D eigenvalue weighted by Crippen LogP contribution is 2.41. The molecule has 0 atom stereocenters. The molecule has 2 aromatic rings. The van der Waals surface area contributed by atoms with E-state index in [9.17, 15) is 14.4 Å². The summed E-state index contributed by atoms with van der Waals surface area (Å²) in [7, 11) is 3.69. The van der Waals surface area contributed by atoms with Crippen LogP contribution in [0.2, 0.25) is 0 Å². The van der Waals surface area contributed by atoms with Crippen LogP contribution in [0.25, 0.3) is 0 Å². The minimum Gasteiger partial charge on any atom is -0.487 e. The molecule has 0 aromatic heterocycles. The van der Waals surface area contributed by atoms with Crippen LogP contribution in [0.3, 0.4) is 0 Å². The van der Waals surface area contributed by atoms with Crippen LogP contribution in [0.15, 0.2) is 58.2 Å². The molecular weight excluding hydrogens is 498 g/mol. The maximum Gasteiger partial charge on any atom is 0.355 e. The lowest BCUT2D eigenvalue weighted by atomic mass is 10.1. The van der Waals surface area contributed by atoms with Gasteiger partial charge in [-0.2, -0.15) is 0 Å². The van der Waals surface area contributed by atoms with Gasteiger partial charge < -0.3 is 28.6 Å². The molecule has 1 aliphatic rings. The first kappa shape index (κ1) is 24.3. The van der Waals surface area contributed by atoms with Gasteiger partial charge in [-0.05, 0) is 33.6 Å². The zero-order chi connectivity index (χ0) is 24.0. The predicted molar refractivity (Wildman–Crippen MR) is 121 cm³/mol. The van der Waals surface area contributed by atoms with Crippen molar-refractivity contribution in [2.75, 3.05) is 39.6 Å². The normalized spacial score (nSPS) is 13.4. The van der Waals surface area contributed by atoms with Crippen molar-refractivity contribution in [3.8, 4) is 5.75 Å². The average Bonchev–Trinajstić information content (AvgIpc) is 2.85. The molecule has 33 heavy (non-hydrogen) atoms. The Morgan fingerprint density at radius 3 is 2.27 bits per heavy atom. The van der Waals surface area contributed by atoms with E-state index in [1.165, 1.54) is 38.4 Å². The highest BCUT2D eigenvalue weighted by molar-refractivity contribution is 9.10. The van der Waals surface area contributed by atoms with Crippen molar-refractivity contribution >= 4 is 39.5 Å². The van der Waals surface area contributed by atoms with Crippen LogP contribution in [0.5, 0.6) is 5.75 Å². The zero-order valence-corrected chi connectivity index (χ0v) is 19.8. The first-order valence-corrected chi connectivity index (χ1v) is 10.5. The SMILES string of the molecule is COC(=O)C1=C(C(=O)OC)N(c2c(Br)cc(C(=O)OC)cc2OCc2ccccc2)COC1. The standard InChI is InChI=1S/C23H22BrNO8/c1-29-21(26)15-9-17(24)20(18(10-15)33-11-14-7-5-4-6-8-14)25-13-32-12-16(22(27)30-2)19(25)23(28)31-3/h4-10H,11-13H2,1-3H3. The van der Waals surface area contributed by atoms with Crippen LogP contribution in [0.4, 0.5) is 5.69 Å². The van der Waals surface area contributed by atoms with E-state index < -0.39 is 17.9 Å². The third kappa shape index (κ3) is 5.35. The molecule has 174 valence electrons. The number of hydrogen-bond acceptors (Lipinski definition) is 9. The molecule has 0 amide bonds.